The molecule has 22 heavy (non-hydrogen) atoms. The van der Waals surface area contributed by atoms with Crippen LogP contribution in [-0.4, -0.2) is 49.7 Å². The first-order valence-corrected chi connectivity index (χ1v) is 7.14. The summed E-state index contributed by atoms with van der Waals surface area (Å²) in [7, 11) is 0. The summed E-state index contributed by atoms with van der Waals surface area (Å²) >= 11 is 0. The SMILES string of the molecule is CCN(CC(C)(C)O)C(=O)Nc1ccc(-n2ccnn2)cc1. The molecule has 7 heteroatoms. The zero-order valence-electron chi connectivity index (χ0n) is 13.0. The van der Waals surface area contributed by atoms with Gasteiger partial charge in [0.25, 0.3) is 0 Å². The lowest BCUT2D eigenvalue weighted by Crippen LogP contribution is -2.44. The van der Waals surface area contributed by atoms with Gasteiger partial charge < -0.3 is 15.3 Å². The number of urea groups is 1. The van der Waals surface area contributed by atoms with Crippen molar-refractivity contribution in [3.63, 3.8) is 0 Å². The molecule has 0 aliphatic rings. The van der Waals surface area contributed by atoms with Crippen LogP contribution in [0.4, 0.5) is 10.5 Å². The Hall–Kier alpha value is -2.41. The first-order chi connectivity index (χ1) is 10.4. The number of carbonyl (C=O) groups is 1. The second-order valence-electron chi connectivity index (χ2n) is 5.65. The molecule has 1 aromatic carbocycles. The Balaban J connectivity index is 2.02. The maximum absolute atomic E-state index is 12.2. The fourth-order valence-electron chi connectivity index (χ4n) is 2.04. The van der Waals surface area contributed by atoms with Crippen LogP contribution < -0.4 is 5.32 Å². The van der Waals surface area contributed by atoms with Crippen molar-refractivity contribution in [2.45, 2.75) is 26.4 Å². The van der Waals surface area contributed by atoms with E-state index in [0.29, 0.717) is 12.2 Å². The number of benzene rings is 1. The summed E-state index contributed by atoms with van der Waals surface area (Å²) in [6, 6.07) is 7.05. The number of nitrogens with zero attached hydrogens (tertiary/aromatic N) is 4. The Morgan fingerprint density at radius 1 is 1.36 bits per heavy atom. The van der Waals surface area contributed by atoms with E-state index in [2.05, 4.69) is 15.6 Å². The van der Waals surface area contributed by atoms with E-state index in [9.17, 15) is 9.90 Å². The van der Waals surface area contributed by atoms with Crippen molar-refractivity contribution in [1.29, 1.82) is 0 Å². The van der Waals surface area contributed by atoms with Gasteiger partial charge in [0, 0.05) is 12.2 Å². The van der Waals surface area contributed by atoms with Gasteiger partial charge in [-0.25, -0.2) is 9.48 Å². The van der Waals surface area contributed by atoms with Gasteiger partial charge in [-0.15, -0.1) is 5.10 Å². The average molecular weight is 303 g/mol. The van der Waals surface area contributed by atoms with E-state index < -0.39 is 5.60 Å². The predicted octanol–water partition coefficient (Wildman–Crippen LogP) is 1.89. The lowest BCUT2D eigenvalue weighted by atomic mass is 10.1. The van der Waals surface area contributed by atoms with Gasteiger partial charge in [0.2, 0.25) is 0 Å². The summed E-state index contributed by atoms with van der Waals surface area (Å²) in [6.07, 6.45) is 3.35. The molecule has 2 aromatic rings. The van der Waals surface area contributed by atoms with Crippen LogP contribution in [0.5, 0.6) is 0 Å². The number of carbonyl (C=O) groups excluding carboxylic acids is 1. The first-order valence-electron chi connectivity index (χ1n) is 7.14. The van der Waals surface area contributed by atoms with Gasteiger partial charge in [0.1, 0.15) is 0 Å². The molecule has 0 bridgehead atoms. The summed E-state index contributed by atoms with van der Waals surface area (Å²) in [5, 5.41) is 20.3. The highest BCUT2D eigenvalue weighted by Crippen LogP contribution is 2.13. The van der Waals surface area contributed by atoms with Crippen LogP contribution >= 0.6 is 0 Å². The normalized spacial score (nSPS) is 11.3. The number of nitrogens with one attached hydrogen (secondary N) is 1. The molecule has 0 aliphatic heterocycles. The maximum atomic E-state index is 12.2. The summed E-state index contributed by atoms with van der Waals surface area (Å²) < 4.78 is 1.64. The molecule has 1 heterocycles. The minimum Gasteiger partial charge on any atom is -0.389 e. The van der Waals surface area contributed by atoms with Gasteiger partial charge in [0.15, 0.2) is 0 Å². The third-order valence-corrected chi connectivity index (χ3v) is 3.05. The van der Waals surface area contributed by atoms with Gasteiger partial charge in [-0.05, 0) is 45.0 Å². The van der Waals surface area contributed by atoms with Gasteiger partial charge in [-0.2, -0.15) is 0 Å². The summed E-state index contributed by atoms with van der Waals surface area (Å²) in [4.78, 5) is 13.8. The summed E-state index contributed by atoms with van der Waals surface area (Å²) in [6.45, 7) is 6.02. The molecule has 0 unspecified atom stereocenters. The fraction of sp³-hybridized carbons (Fsp3) is 0.400. The highest BCUT2D eigenvalue weighted by molar-refractivity contribution is 5.89. The van der Waals surface area contributed by atoms with E-state index in [1.165, 1.54) is 0 Å². The number of hydrogen-bond acceptors (Lipinski definition) is 4. The molecule has 0 aliphatic carbocycles. The quantitative estimate of drug-likeness (QED) is 0.883. The second-order valence-corrected chi connectivity index (χ2v) is 5.65. The van der Waals surface area contributed by atoms with Crippen molar-refractivity contribution in [2.75, 3.05) is 18.4 Å². The van der Waals surface area contributed by atoms with Crippen molar-refractivity contribution in [2.24, 2.45) is 0 Å². The second kappa shape index (κ2) is 6.57. The van der Waals surface area contributed by atoms with Crippen molar-refractivity contribution < 1.29 is 9.90 Å². The van der Waals surface area contributed by atoms with E-state index in [1.54, 1.807) is 48.0 Å². The predicted molar refractivity (Wildman–Crippen MR) is 83.9 cm³/mol. The number of amides is 2. The van der Waals surface area contributed by atoms with Crippen molar-refractivity contribution in [3.05, 3.63) is 36.7 Å². The molecule has 0 saturated heterocycles. The average Bonchev–Trinajstić information content (AvgIpc) is 2.98. The van der Waals surface area contributed by atoms with Crippen LogP contribution in [0.1, 0.15) is 20.8 Å². The Morgan fingerprint density at radius 3 is 2.55 bits per heavy atom. The minimum atomic E-state index is -0.926. The van der Waals surface area contributed by atoms with Crippen molar-refractivity contribution in [3.8, 4) is 5.69 Å². The lowest BCUT2D eigenvalue weighted by molar-refractivity contribution is 0.0501. The molecule has 0 radical (unpaired) electrons. The van der Waals surface area contributed by atoms with E-state index in [1.807, 2.05) is 19.1 Å². The number of aliphatic hydroxyl groups is 1. The third-order valence-electron chi connectivity index (χ3n) is 3.05. The van der Waals surface area contributed by atoms with Gasteiger partial charge >= 0.3 is 6.03 Å². The number of hydrogen-bond donors (Lipinski definition) is 2. The minimum absolute atomic E-state index is 0.238. The molecular formula is C15H21N5O2. The van der Waals surface area contributed by atoms with E-state index in [4.69, 9.17) is 0 Å². The Morgan fingerprint density at radius 2 is 2.05 bits per heavy atom. The van der Waals surface area contributed by atoms with Crippen LogP contribution in [0.3, 0.4) is 0 Å². The summed E-state index contributed by atoms with van der Waals surface area (Å²) in [5.74, 6) is 0. The molecule has 1 aromatic heterocycles. The molecule has 0 atom stereocenters. The Kier molecular flexibility index (Phi) is 4.77. The first kappa shape index (κ1) is 16.0. The van der Waals surface area contributed by atoms with Gasteiger partial charge in [-0.1, -0.05) is 5.21 Å². The number of rotatable bonds is 5. The molecular weight excluding hydrogens is 282 g/mol. The highest BCUT2D eigenvalue weighted by atomic mass is 16.3. The zero-order valence-corrected chi connectivity index (χ0v) is 13.0. The van der Waals surface area contributed by atoms with Crippen molar-refractivity contribution in [1.82, 2.24) is 19.9 Å². The molecule has 7 nitrogen and oxygen atoms in total. The maximum Gasteiger partial charge on any atom is 0.321 e. The highest BCUT2D eigenvalue weighted by Gasteiger charge is 2.21. The molecule has 0 fully saturated rings. The topological polar surface area (TPSA) is 83.3 Å². The standard InChI is InChI=1S/C15H21N5O2/c1-4-19(11-15(2,3)22)14(21)17-12-5-7-13(8-6-12)20-10-9-16-18-20/h5-10,22H,4,11H2,1-3H3,(H,17,21). The van der Waals surface area contributed by atoms with Crippen LogP contribution in [0, 0.1) is 0 Å². The largest absolute Gasteiger partial charge is 0.389 e. The van der Waals surface area contributed by atoms with Crippen LogP contribution in [0.15, 0.2) is 36.7 Å². The fourth-order valence-corrected chi connectivity index (χ4v) is 2.04. The molecule has 2 rings (SSSR count). The van der Waals surface area contributed by atoms with Crippen LogP contribution in [0.25, 0.3) is 5.69 Å². The molecule has 2 N–H and O–H groups in total. The number of likely N-dealkylation sites (N-methyl/N-ethyl adjacent to an activating group) is 1. The Bertz CT molecular complexity index is 602. The van der Waals surface area contributed by atoms with Crippen LogP contribution in [0.2, 0.25) is 0 Å². The molecule has 0 saturated carbocycles. The number of aromatic nitrogens is 3. The molecule has 118 valence electrons. The number of anilines is 1. The van der Waals surface area contributed by atoms with Gasteiger partial charge in [-0.3, -0.25) is 0 Å². The monoisotopic (exact) mass is 303 g/mol. The smallest absolute Gasteiger partial charge is 0.321 e. The van der Waals surface area contributed by atoms with E-state index >= 15 is 0 Å². The van der Waals surface area contributed by atoms with Crippen molar-refractivity contribution >= 4 is 11.7 Å². The van der Waals surface area contributed by atoms with E-state index in [-0.39, 0.29) is 12.6 Å². The molecule has 2 amide bonds. The lowest BCUT2D eigenvalue weighted by Gasteiger charge is -2.28. The Labute approximate surface area is 129 Å². The zero-order chi connectivity index (χ0) is 16.2. The van der Waals surface area contributed by atoms with Gasteiger partial charge in [0.05, 0.1) is 30.2 Å². The van der Waals surface area contributed by atoms with E-state index in [0.717, 1.165) is 5.69 Å². The summed E-state index contributed by atoms with van der Waals surface area (Å²) in [5.41, 5.74) is 0.618. The third kappa shape index (κ3) is 4.29. The van der Waals surface area contributed by atoms with Crippen LogP contribution in [-0.2, 0) is 0 Å². The molecule has 0 spiro atoms.